The molecule has 1 saturated carbocycles. The Hall–Kier alpha value is -1.63. The molecule has 2 rings (SSSR count). The van der Waals surface area contributed by atoms with Crippen molar-refractivity contribution in [3.05, 3.63) is 0 Å². The van der Waals surface area contributed by atoms with Crippen molar-refractivity contribution in [3.8, 4) is 0 Å². The number of hydrazine groups is 1. The lowest BCUT2D eigenvalue weighted by Gasteiger charge is -2.27. The van der Waals surface area contributed by atoms with E-state index in [0.717, 1.165) is 13.1 Å². The monoisotopic (exact) mass is 251 g/mol. The molecular formula is C11H21N7. The third-order valence-electron chi connectivity index (χ3n) is 3.24. The SMILES string of the molecule is CCN(CC)c1nc(NN)nc(NC2CCC2)n1. The number of aromatic nitrogens is 3. The number of nitrogen functional groups attached to an aromatic ring is 1. The van der Waals surface area contributed by atoms with Crippen LogP contribution >= 0.6 is 0 Å². The maximum absolute atomic E-state index is 5.40. The molecule has 7 heteroatoms. The Kier molecular flexibility index (Phi) is 4.14. The second-order valence-corrected chi connectivity index (χ2v) is 4.37. The fourth-order valence-electron chi connectivity index (χ4n) is 1.88. The molecule has 1 fully saturated rings. The van der Waals surface area contributed by atoms with Crippen LogP contribution in [0.5, 0.6) is 0 Å². The maximum Gasteiger partial charge on any atom is 0.243 e. The first-order chi connectivity index (χ1) is 8.76. The van der Waals surface area contributed by atoms with E-state index in [1.165, 1.54) is 19.3 Å². The van der Waals surface area contributed by atoms with Gasteiger partial charge < -0.3 is 10.2 Å². The fraction of sp³-hybridized carbons (Fsp3) is 0.727. The van der Waals surface area contributed by atoms with Crippen LogP contribution in [-0.4, -0.2) is 34.1 Å². The van der Waals surface area contributed by atoms with Crippen LogP contribution in [0.25, 0.3) is 0 Å². The van der Waals surface area contributed by atoms with E-state index in [-0.39, 0.29) is 0 Å². The molecule has 0 bridgehead atoms. The summed E-state index contributed by atoms with van der Waals surface area (Å²) >= 11 is 0. The highest BCUT2D eigenvalue weighted by molar-refractivity contribution is 5.43. The molecule has 0 amide bonds. The molecule has 1 aromatic rings. The topological polar surface area (TPSA) is 92.0 Å². The molecular weight excluding hydrogens is 230 g/mol. The Bertz CT molecular complexity index is 387. The number of hydrogen-bond acceptors (Lipinski definition) is 7. The van der Waals surface area contributed by atoms with Crippen LogP contribution < -0.4 is 21.5 Å². The van der Waals surface area contributed by atoms with E-state index in [4.69, 9.17) is 5.84 Å². The van der Waals surface area contributed by atoms with Gasteiger partial charge in [0.2, 0.25) is 17.8 Å². The van der Waals surface area contributed by atoms with Crippen molar-refractivity contribution in [2.45, 2.75) is 39.2 Å². The third-order valence-corrected chi connectivity index (χ3v) is 3.24. The highest BCUT2D eigenvalue weighted by Gasteiger charge is 2.19. The molecule has 0 saturated heterocycles. The number of nitrogens with one attached hydrogen (secondary N) is 2. The quantitative estimate of drug-likeness (QED) is 0.512. The van der Waals surface area contributed by atoms with Gasteiger partial charge in [0.05, 0.1) is 0 Å². The Balaban J connectivity index is 2.19. The van der Waals surface area contributed by atoms with Gasteiger partial charge in [0.1, 0.15) is 0 Å². The predicted molar refractivity (Wildman–Crippen MR) is 72.5 cm³/mol. The maximum atomic E-state index is 5.40. The van der Waals surface area contributed by atoms with E-state index in [2.05, 4.69) is 44.4 Å². The van der Waals surface area contributed by atoms with Crippen LogP contribution in [0.15, 0.2) is 0 Å². The van der Waals surface area contributed by atoms with Gasteiger partial charge in [-0.15, -0.1) is 0 Å². The smallest absolute Gasteiger partial charge is 0.243 e. The van der Waals surface area contributed by atoms with Crippen molar-refractivity contribution >= 4 is 17.8 Å². The molecule has 1 aromatic heterocycles. The minimum absolute atomic E-state index is 0.397. The van der Waals surface area contributed by atoms with Gasteiger partial charge in [-0.2, -0.15) is 15.0 Å². The molecule has 0 radical (unpaired) electrons. The van der Waals surface area contributed by atoms with Crippen LogP contribution in [0.4, 0.5) is 17.8 Å². The minimum Gasteiger partial charge on any atom is -0.351 e. The summed E-state index contributed by atoms with van der Waals surface area (Å²) in [7, 11) is 0. The van der Waals surface area contributed by atoms with Gasteiger partial charge >= 0.3 is 0 Å². The number of nitrogens with zero attached hydrogens (tertiary/aromatic N) is 4. The second-order valence-electron chi connectivity index (χ2n) is 4.37. The number of nitrogens with two attached hydrogens (primary N) is 1. The Morgan fingerprint density at radius 3 is 2.33 bits per heavy atom. The molecule has 1 heterocycles. The predicted octanol–water partition coefficient (Wildman–Crippen LogP) is 0.968. The standard InChI is InChI=1S/C11H21N7/c1-3-18(4-2)11-15-9(13-8-6-5-7-8)14-10(16-11)17-12/h8H,3-7,12H2,1-2H3,(H2,13,14,15,16,17). The van der Waals surface area contributed by atoms with Crippen LogP contribution in [0, 0.1) is 0 Å². The van der Waals surface area contributed by atoms with Gasteiger partial charge in [-0.25, -0.2) is 5.84 Å². The Morgan fingerprint density at radius 1 is 1.17 bits per heavy atom. The van der Waals surface area contributed by atoms with E-state index in [0.29, 0.717) is 23.9 Å². The van der Waals surface area contributed by atoms with Gasteiger partial charge in [0.15, 0.2) is 0 Å². The van der Waals surface area contributed by atoms with Gasteiger partial charge in [-0.1, -0.05) is 0 Å². The minimum atomic E-state index is 0.397. The number of anilines is 3. The van der Waals surface area contributed by atoms with Crippen LogP contribution in [0.1, 0.15) is 33.1 Å². The summed E-state index contributed by atoms with van der Waals surface area (Å²) in [6.45, 7) is 5.85. The van der Waals surface area contributed by atoms with Gasteiger partial charge in [-0.3, -0.25) is 5.43 Å². The van der Waals surface area contributed by atoms with Crippen molar-refractivity contribution in [2.24, 2.45) is 5.84 Å². The third kappa shape index (κ3) is 2.79. The number of rotatable bonds is 6. The van der Waals surface area contributed by atoms with Crippen molar-refractivity contribution < 1.29 is 0 Å². The molecule has 7 nitrogen and oxygen atoms in total. The summed E-state index contributed by atoms with van der Waals surface area (Å²) in [5.41, 5.74) is 2.49. The zero-order valence-corrected chi connectivity index (χ0v) is 11.0. The lowest BCUT2D eigenvalue weighted by atomic mass is 9.93. The van der Waals surface area contributed by atoms with Gasteiger partial charge in [-0.05, 0) is 33.1 Å². The molecule has 18 heavy (non-hydrogen) atoms. The zero-order chi connectivity index (χ0) is 13.0. The number of hydrogen-bond donors (Lipinski definition) is 3. The van der Waals surface area contributed by atoms with E-state index in [1.54, 1.807) is 0 Å². The van der Waals surface area contributed by atoms with Crippen LogP contribution in [0.3, 0.4) is 0 Å². The average molecular weight is 251 g/mol. The Morgan fingerprint density at radius 2 is 1.83 bits per heavy atom. The van der Waals surface area contributed by atoms with Crippen molar-refractivity contribution in [2.75, 3.05) is 28.7 Å². The average Bonchev–Trinajstić information content (AvgIpc) is 2.35. The molecule has 0 spiro atoms. The first-order valence-electron chi connectivity index (χ1n) is 6.51. The first kappa shape index (κ1) is 12.8. The van der Waals surface area contributed by atoms with Crippen LogP contribution in [-0.2, 0) is 0 Å². The first-order valence-corrected chi connectivity index (χ1v) is 6.51. The molecule has 0 atom stereocenters. The normalized spacial score (nSPS) is 15.1. The summed E-state index contributed by atoms with van der Waals surface area (Å²) in [4.78, 5) is 15.0. The molecule has 1 aliphatic carbocycles. The summed E-state index contributed by atoms with van der Waals surface area (Å²) < 4.78 is 0. The zero-order valence-electron chi connectivity index (χ0n) is 11.0. The summed E-state index contributed by atoms with van der Waals surface area (Å²) in [5, 5.41) is 3.31. The molecule has 0 unspecified atom stereocenters. The molecule has 4 N–H and O–H groups in total. The van der Waals surface area contributed by atoms with E-state index < -0.39 is 0 Å². The summed E-state index contributed by atoms with van der Waals surface area (Å²) in [6, 6.07) is 0.488. The van der Waals surface area contributed by atoms with E-state index in [1.807, 2.05) is 0 Å². The lowest BCUT2D eigenvalue weighted by Crippen LogP contribution is -2.30. The largest absolute Gasteiger partial charge is 0.351 e. The lowest BCUT2D eigenvalue weighted by molar-refractivity contribution is 0.443. The van der Waals surface area contributed by atoms with Crippen molar-refractivity contribution in [1.82, 2.24) is 15.0 Å². The molecule has 0 aliphatic heterocycles. The van der Waals surface area contributed by atoms with Crippen LogP contribution in [0.2, 0.25) is 0 Å². The van der Waals surface area contributed by atoms with Gasteiger partial charge in [0, 0.05) is 19.1 Å². The van der Waals surface area contributed by atoms with Crippen molar-refractivity contribution in [3.63, 3.8) is 0 Å². The fourth-order valence-corrected chi connectivity index (χ4v) is 1.88. The highest BCUT2D eigenvalue weighted by Crippen LogP contribution is 2.22. The molecule has 100 valence electrons. The van der Waals surface area contributed by atoms with Gasteiger partial charge in [0.25, 0.3) is 0 Å². The summed E-state index contributed by atoms with van der Waals surface area (Å²) in [5.74, 6) is 7.05. The van der Waals surface area contributed by atoms with E-state index in [9.17, 15) is 0 Å². The Labute approximate surface area is 107 Å². The molecule has 0 aromatic carbocycles. The highest BCUT2D eigenvalue weighted by atomic mass is 15.4. The second kappa shape index (κ2) is 5.81. The van der Waals surface area contributed by atoms with E-state index >= 15 is 0 Å². The van der Waals surface area contributed by atoms with Crippen molar-refractivity contribution in [1.29, 1.82) is 0 Å². The summed E-state index contributed by atoms with van der Waals surface area (Å²) in [6.07, 6.45) is 3.63. The molecule has 1 aliphatic rings.